The van der Waals surface area contributed by atoms with Gasteiger partial charge in [-0.3, -0.25) is 0 Å². The zero-order valence-electron chi connectivity index (χ0n) is 10.7. The van der Waals surface area contributed by atoms with Crippen molar-refractivity contribution >= 4 is 23.4 Å². The van der Waals surface area contributed by atoms with Gasteiger partial charge in [0.25, 0.3) is 0 Å². The van der Waals surface area contributed by atoms with E-state index in [1.54, 1.807) is 0 Å². The van der Waals surface area contributed by atoms with Gasteiger partial charge >= 0.3 is 0 Å². The van der Waals surface area contributed by atoms with Crippen LogP contribution >= 0.6 is 23.4 Å². The summed E-state index contributed by atoms with van der Waals surface area (Å²) in [6.45, 7) is 4.23. The van der Waals surface area contributed by atoms with Crippen LogP contribution in [0.5, 0.6) is 0 Å². The molecule has 1 nitrogen and oxygen atoms in total. The second-order valence-corrected chi connectivity index (χ2v) is 6.07. The molecule has 1 rings (SSSR count). The number of unbranched alkanes of at least 4 members (excludes halogenated alkanes) is 2. The molecular formula is C14H22ClNS. The van der Waals surface area contributed by atoms with Gasteiger partial charge in [-0.25, -0.2) is 0 Å². The summed E-state index contributed by atoms with van der Waals surface area (Å²) in [5, 5.41) is 0.850. The molecular weight excluding hydrogens is 250 g/mol. The topological polar surface area (TPSA) is 26.0 Å². The molecule has 17 heavy (non-hydrogen) atoms. The van der Waals surface area contributed by atoms with Crippen LogP contribution in [0.3, 0.4) is 0 Å². The van der Waals surface area contributed by atoms with Crippen molar-refractivity contribution in [3.8, 4) is 0 Å². The summed E-state index contributed by atoms with van der Waals surface area (Å²) >= 11 is 8.13. The summed E-state index contributed by atoms with van der Waals surface area (Å²) in [7, 11) is 0. The van der Waals surface area contributed by atoms with Crippen LogP contribution in [-0.4, -0.2) is 11.8 Å². The lowest BCUT2D eigenvalue weighted by molar-refractivity contribution is 0.738. The minimum atomic E-state index is 0.163. The number of thioether (sulfide) groups is 1. The Balaban J connectivity index is 2.50. The van der Waals surface area contributed by atoms with Crippen LogP contribution in [0.15, 0.2) is 23.1 Å². The molecule has 0 saturated heterocycles. The number of hydrogen-bond donors (Lipinski definition) is 1. The Bertz CT molecular complexity index is 339. The van der Waals surface area contributed by atoms with E-state index in [-0.39, 0.29) is 6.04 Å². The molecule has 0 spiro atoms. The maximum absolute atomic E-state index is 6.24. The summed E-state index contributed by atoms with van der Waals surface area (Å²) < 4.78 is 0. The summed E-state index contributed by atoms with van der Waals surface area (Å²) in [6, 6.07) is 6.49. The average molecular weight is 272 g/mol. The van der Waals surface area contributed by atoms with Crippen molar-refractivity contribution in [3.05, 3.63) is 28.8 Å². The Labute approximate surface area is 114 Å². The Hall–Kier alpha value is -0.180. The van der Waals surface area contributed by atoms with Crippen molar-refractivity contribution in [1.29, 1.82) is 0 Å². The third-order valence-corrected chi connectivity index (χ3v) is 4.01. The molecule has 1 aromatic rings. The first kappa shape index (κ1) is 14.9. The molecule has 0 aliphatic rings. The fourth-order valence-corrected chi connectivity index (χ4v) is 2.94. The third-order valence-electron chi connectivity index (χ3n) is 2.58. The summed E-state index contributed by atoms with van der Waals surface area (Å²) in [6.07, 6.45) is 4.71. The molecule has 1 atom stereocenters. The number of rotatable bonds is 7. The fourth-order valence-electron chi connectivity index (χ4n) is 1.67. The molecule has 0 aromatic heterocycles. The van der Waals surface area contributed by atoms with Gasteiger partial charge in [0.1, 0.15) is 0 Å². The SMILES string of the molecule is CCCCCSc1ccc(CC(C)N)c(Cl)c1. The normalized spacial score (nSPS) is 12.7. The standard InChI is InChI=1S/C14H22ClNS/c1-3-4-5-8-17-13-7-6-12(9-11(2)16)14(15)10-13/h6-7,10-11H,3-5,8-9,16H2,1-2H3. The van der Waals surface area contributed by atoms with Crippen LogP contribution in [0.25, 0.3) is 0 Å². The minimum Gasteiger partial charge on any atom is -0.328 e. The molecule has 2 N–H and O–H groups in total. The van der Waals surface area contributed by atoms with Crippen molar-refractivity contribution < 1.29 is 0 Å². The largest absolute Gasteiger partial charge is 0.328 e. The molecule has 0 aliphatic carbocycles. The monoisotopic (exact) mass is 271 g/mol. The third kappa shape index (κ3) is 5.80. The highest BCUT2D eigenvalue weighted by molar-refractivity contribution is 7.99. The molecule has 0 amide bonds. The van der Waals surface area contributed by atoms with Crippen LogP contribution in [-0.2, 0) is 6.42 Å². The van der Waals surface area contributed by atoms with Crippen molar-refractivity contribution in [2.75, 3.05) is 5.75 Å². The molecule has 0 bridgehead atoms. The fraction of sp³-hybridized carbons (Fsp3) is 0.571. The van der Waals surface area contributed by atoms with Gasteiger partial charge in [0.05, 0.1) is 0 Å². The maximum atomic E-state index is 6.24. The van der Waals surface area contributed by atoms with Crippen molar-refractivity contribution in [2.45, 2.75) is 50.5 Å². The van der Waals surface area contributed by atoms with Crippen molar-refractivity contribution in [2.24, 2.45) is 5.73 Å². The first-order valence-electron chi connectivity index (χ1n) is 6.30. The highest BCUT2D eigenvalue weighted by Gasteiger charge is 2.04. The number of halogens is 1. The zero-order chi connectivity index (χ0) is 12.7. The Morgan fingerprint density at radius 1 is 1.35 bits per heavy atom. The predicted octanol–water partition coefficient (Wildman–Crippen LogP) is 4.51. The van der Waals surface area contributed by atoms with Crippen molar-refractivity contribution in [1.82, 2.24) is 0 Å². The summed E-state index contributed by atoms with van der Waals surface area (Å²) in [5.41, 5.74) is 6.93. The van der Waals surface area contributed by atoms with E-state index in [0.717, 1.165) is 17.0 Å². The van der Waals surface area contributed by atoms with Gasteiger partial charge in [0.2, 0.25) is 0 Å². The maximum Gasteiger partial charge on any atom is 0.0449 e. The second-order valence-electron chi connectivity index (χ2n) is 4.49. The molecule has 1 aromatic carbocycles. The Morgan fingerprint density at radius 2 is 2.12 bits per heavy atom. The van der Waals surface area contributed by atoms with E-state index in [4.69, 9.17) is 17.3 Å². The molecule has 0 saturated carbocycles. The van der Waals surface area contributed by atoms with Crippen LogP contribution in [0.4, 0.5) is 0 Å². The Kier molecular flexibility index (Phi) is 7.02. The molecule has 0 heterocycles. The second kappa shape index (κ2) is 8.02. The van der Waals surface area contributed by atoms with Crippen LogP contribution in [0.1, 0.15) is 38.7 Å². The summed E-state index contributed by atoms with van der Waals surface area (Å²) in [5.74, 6) is 1.18. The predicted molar refractivity (Wildman–Crippen MR) is 79.1 cm³/mol. The molecule has 0 fully saturated rings. The highest BCUT2D eigenvalue weighted by Crippen LogP contribution is 2.26. The van der Waals surface area contributed by atoms with Gasteiger partial charge < -0.3 is 5.73 Å². The van der Waals surface area contributed by atoms with Gasteiger partial charge in [0.15, 0.2) is 0 Å². The minimum absolute atomic E-state index is 0.163. The van der Waals surface area contributed by atoms with E-state index < -0.39 is 0 Å². The number of hydrogen-bond acceptors (Lipinski definition) is 2. The quantitative estimate of drug-likeness (QED) is 0.583. The van der Waals surface area contributed by atoms with Crippen LogP contribution in [0.2, 0.25) is 5.02 Å². The molecule has 1 unspecified atom stereocenters. The first-order valence-corrected chi connectivity index (χ1v) is 7.66. The zero-order valence-corrected chi connectivity index (χ0v) is 12.3. The number of nitrogens with two attached hydrogens (primary N) is 1. The van der Waals surface area contributed by atoms with Gasteiger partial charge in [-0.1, -0.05) is 37.4 Å². The molecule has 96 valence electrons. The van der Waals surface area contributed by atoms with Gasteiger partial charge in [-0.2, -0.15) is 0 Å². The Morgan fingerprint density at radius 3 is 2.71 bits per heavy atom. The lowest BCUT2D eigenvalue weighted by Gasteiger charge is -2.09. The number of benzene rings is 1. The first-order chi connectivity index (χ1) is 8.13. The smallest absolute Gasteiger partial charge is 0.0449 e. The lowest BCUT2D eigenvalue weighted by Crippen LogP contribution is -2.17. The van der Waals surface area contributed by atoms with Gasteiger partial charge in [-0.15, -0.1) is 11.8 Å². The van der Waals surface area contributed by atoms with Crippen molar-refractivity contribution in [3.63, 3.8) is 0 Å². The van der Waals surface area contributed by atoms with E-state index in [1.165, 1.54) is 29.9 Å². The van der Waals surface area contributed by atoms with E-state index in [2.05, 4.69) is 25.1 Å². The van der Waals surface area contributed by atoms with Gasteiger partial charge in [0, 0.05) is 16.0 Å². The lowest BCUT2D eigenvalue weighted by atomic mass is 10.1. The van der Waals surface area contributed by atoms with Gasteiger partial charge in [-0.05, 0) is 43.2 Å². The molecule has 3 heteroatoms. The molecule has 0 radical (unpaired) electrons. The van der Waals surface area contributed by atoms with Crippen LogP contribution < -0.4 is 5.73 Å². The van der Waals surface area contributed by atoms with E-state index in [1.807, 2.05) is 18.7 Å². The highest BCUT2D eigenvalue weighted by atomic mass is 35.5. The van der Waals surface area contributed by atoms with E-state index in [0.29, 0.717) is 0 Å². The molecule has 0 aliphatic heterocycles. The van der Waals surface area contributed by atoms with Crippen LogP contribution in [0, 0.1) is 0 Å². The van der Waals surface area contributed by atoms with E-state index in [9.17, 15) is 0 Å². The van der Waals surface area contributed by atoms with E-state index >= 15 is 0 Å². The average Bonchev–Trinajstić information content (AvgIpc) is 2.27. The summed E-state index contributed by atoms with van der Waals surface area (Å²) in [4.78, 5) is 1.26.